The van der Waals surface area contributed by atoms with E-state index in [1.165, 1.54) is 19.4 Å². The molecule has 0 saturated heterocycles. The van der Waals surface area contributed by atoms with Gasteiger partial charge in [-0.05, 0) is 25.2 Å². The number of rotatable bonds is 4. The third-order valence-electron chi connectivity index (χ3n) is 3.04. The van der Waals surface area contributed by atoms with E-state index in [1.54, 1.807) is 25.2 Å². The number of hydrogen-bond acceptors (Lipinski definition) is 4. The Balaban J connectivity index is 2.61. The number of anilines is 1. The summed E-state index contributed by atoms with van der Waals surface area (Å²) in [6, 6.07) is 5.81. The number of nitrogens with one attached hydrogen (secondary N) is 1. The van der Waals surface area contributed by atoms with Crippen molar-refractivity contribution in [2.75, 3.05) is 19.9 Å². The number of aromatic nitrogens is 1. The molecule has 1 aromatic carbocycles. The van der Waals surface area contributed by atoms with Crippen molar-refractivity contribution in [3.63, 3.8) is 0 Å². The van der Waals surface area contributed by atoms with Gasteiger partial charge >= 0.3 is 0 Å². The molecule has 1 heterocycles. The molecule has 0 aliphatic carbocycles. The van der Waals surface area contributed by atoms with E-state index in [0.717, 1.165) is 0 Å². The summed E-state index contributed by atoms with van der Waals surface area (Å²) < 4.78 is 19.4. The van der Waals surface area contributed by atoms with Gasteiger partial charge < -0.3 is 15.8 Å². The van der Waals surface area contributed by atoms with Crippen molar-refractivity contribution in [2.24, 2.45) is 0 Å². The maximum Gasteiger partial charge on any atom is 0.132 e. The summed E-state index contributed by atoms with van der Waals surface area (Å²) in [5.74, 6) is 0.339. The smallest absolute Gasteiger partial charge is 0.132 e. The minimum atomic E-state index is -0.502. The first-order valence-corrected chi connectivity index (χ1v) is 6.36. The molecule has 1 atom stereocenters. The standard InChI is InChI=1S/C14H15ClFN3O/c1-18-13(9-6-8(15)7-19-14(9)17)12-10(16)4-3-5-11(12)20-2/h3-7,13,18H,1-2H3,(H2,17,19). The molecule has 0 aliphatic rings. The number of nitrogens with two attached hydrogens (primary N) is 1. The van der Waals surface area contributed by atoms with Gasteiger partial charge in [-0.1, -0.05) is 17.7 Å². The van der Waals surface area contributed by atoms with Gasteiger partial charge in [-0.2, -0.15) is 0 Å². The number of nitrogen functional groups attached to an aromatic ring is 1. The largest absolute Gasteiger partial charge is 0.496 e. The highest BCUT2D eigenvalue weighted by molar-refractivity contribution is 6.30. The predicted molar refractivity (Wildman–Crippen MR) is 77.5 cm³/mol. The minimum Gasteiger partial charge on any atom is -0.496 e. The minimum absolute atomic E-state index is 0.291. The Morgan fingerprint density at radius 1 is 1.45 bits per heavy atom. The zero-order valence-corrected chi connectivity index (χ0v) is 11.9. The van der Waals surface area contributed by atoms with E-state index in [9.17, 15) is 4.39 Å². The molecule has 0 aliphatic heterocycles. The normalized spacial score (nSPS) is 12.2. The Morgan fingerprint density at radius 3 is 2.85 bits per heavy atom. The van der Waals surface area contributed by atoms with Crippen LogP contribution in [0.15, 0.2) is 30.5 Å². The fourth-order valence-corrected chi connectivity index (χ4v) is 2.29. The molecule has 3 N–H and O–H groups in total. The van der Waals surface area contributed by atoms with E-state index in [1.807, 2.05) is 0 Å². The van der Waals surface area contributed by atoms with Crippen LogP contribution in [0.2, 0.25) is 5.02 Å². The summed E-state index contributed by atoms with van der Waals surface area (Å²) in [6.07, 6.45) is 1.45. The van der Waals surface area contributed by atoms with Gasteiger partial charge in [-0.15, -0.1) is 0 Å². The van der Waals surface area contributed by atoms with Gasteiger partial charge in [0, 0.05) is 11.8 Å². The molecule has 106 valence electrons. The van der Waals surface area contributed by atoms with Crippen LogP contribution >= 0.6 is 11.6 Å². The highest BCUT2D eigenvalue weighted by Crippen LogP contribution is 2.34. The second-order valence-corrected chi connectivity index (χ2v) is 4.64. The van der Waals surface area contributed by atoms with E-state index in [0.29, 0.717) is 27.7 Å². The fourth-order valence-electron chi connectivity index (χ4n) is 2.13. The fraction of sp³-hybridized carbons (Fsp3) is 0.214. The molecule has 1 aromatic heterocycles. The Bertz CT molecular complexity index is 621. The molecule has 4 nitrogen and oxygen atoms in total. The summed E-state index contributed by atoms with van der Waals surface area (Å²) in [6.45, 7) is 0. The van der Waals surface area contributed by atoms with Gasteiger partial charge in [0.2, 0.25) is 0 Å². The van der Waals surface area contributed by atoms with Crippen LogP contribution < -0.4 is 15.8 Å². The van der Waals surface area contributed by atoms with Crippen LogP contribution in [0.4, 0.5) is 10.2 Å². The highest BCUT2D eigenvalue weighted by Gasteiger charge is 2.23. The molecular weight excluding hydrogens is 281 g/mol. The molecule has 6 heteroatoms. The number of methoxy groups -OCH3 is 1. The molecule has 2 aromatic rings. The van der Waals surface area contributed by atoms with Crippen LogP contribution in [-0.4, -0.2) is 19.1 Å². The van der Waals surface area contributed by atoms with Crippen LogP contribution in [0.3, 0.4) is 0 Å². The van der Waals surface area contributed by atoms with Crippen LogP contribution in [-0.2, 0) is 0 Å². The van der Waals surface area contributed by atoms with E-state index in [-0.39, 0.29) is 5.82 Å². The average Bonchev–Trinajstić information content (AvgIpc) is 2.44. The molecule has 0 bridgehead atoms. The first kappa shape index (κ1) is 14.6. The van der Waals surface area contributed by atoms with Crippen molar-refractivity contribution in [1.29, 1.82) is 0 Å². The first-order chi connectivity index (χ1) is 9.58. The van der Waals surface area contributed by atoms with Crippen LogP contribution in [0.5, 0.6) is 5.75 Å². The monoisotopic (exact) mass is 295 g/mol. The van der Waals surface area contributed by atoms with Gasteiger partial charge in [0.1, 0.15) is 17.4 Å². The molecule has 1 unspecified atom stereocenters. The van der Waals surface area contributed by atoms with E-state index >= 15 is 0 Å². The molecule has 2 rings (SSSR count). The zero-order valence-electron chi connectivity index (χ0n) is 11.2. The van der Waals surface area contributed by atoms with Gasteiger partial charge in [0.05, 0.1) is 23.7 Å². The summed E-state index contributed by atoms with van der Waals surface area (Å²) in [5.41, 5.74) is 6.84. The third-order valence-corrected chi connectivity index (χ3v) is 3.24. The summed E-state index contributed by atoms with van der Waals surface area (Å²) >= 11 is 5.95. The average molecular weight is 296 g/mol. The van der Waals surface area contributed by atoms with E-state index in [2.05, 4.69) is 10.3 Å². The Hall–Kier alpha value is -1.85. The van der Waals surface area contributed by atoms with Crippen LogP contribution in [0.25, 0.3) is 0 Å². The zero-order chi connectivity index (χ0) is 14.7. The number of pyridine rings is 1. The predicted octanol–water partition coefficient (Wildman–Crippen LogP) is 2.77. The molecule has 0 spiro atoms. The Morgan fingerprint density at radius 2 is 2.20 bits per heavy atom. The summed E-state index contributed by atoms with van der Waals surface area (Å²) in [4.78, 5) is 4.00. The SMILES string of the molecule is CNC(c1cc(Cl)cnc1N)c1c(F)cccc1OC. The van der Waals surface area contributed by atoms with Crippen molar-refractivity contribution < 1.29 is 9.13 Å². The lowest BCUT2D eigenvalue weighted by Crippen LogP contribution is -2.21. The van der Waals surface area contributed by atoms with Crippen molar-refractivity contribution in [1.82, 2.24) is 10.3 Å². The van der Waals surface area contributed by atoms with Crippen LogP contribution in [0, 0.1) is 5.82 Å². The molecule has 0 amide bonds. The maximum absolute atomic E-state index is 14.2. The van der Waals surface area contributed by atoms with Crippen molar-refractivity contribution >= 4 is 17.4 Å². The van der Waals surface area contributed by atoms with E-state index in [4.69, 9.17) is 22.1 Å². The van der Waals surface area contributed by atoms with Crippen molar-refractivity contribution in [2.45, 2.75) is 6.04 Å². The number of benzene rings is 1. The lowest BCUT2D eigenvalue weighted by Gasteiger charge is -2.21. The highest BCUT2D eigenvalue weighted by atomic mass is 35.5. The number of halogens is 2. The molecule has 20 heavy (non-hydrogen) atoms. The molecule has 0 saturated carbocycles. The molecule has 0 radical (unpaired) electrons. The molecular formula is C14H15ClFN3O. The third kappa shape index (κ3) is 2.69. The summed E-state index contributed by atoms with van der Waals surface area (Å²) in [5, 5.41) is 3.45. The van der Waals surface area contributed by atoms with Gasteiger partial charge in [-0.3, -0.25) is 0 Å². The number of ether oxygens (including phenoxy) is 1. The number of nitrogens with zero attached hydrogens (tertiary/aromatic N) is 1. The molecule has 0 fully saturated rings. The Labute approximate surface area is 121 Å². The van der Waals surface area contributed by atoms with E-state index < -0.39 is 6.04 Å². The van der Waals surface area contributed by atoms with Gasteiger partial charge in [-0.25, -0.2) is 9.37 Å². The second kappa shape index (κ2) is 6.07. The van der Waals surface area contributed by atoms with Gasteiger partial charge in [0.25, 0.3) is 0 Å². The summed E-state index contributed by atoms with van der Waals surface area (Å²) in [7, 11) is 3.20. The lowest BCUT2D eigenvalue weighted by atomic mass is 9.98. The van der Waals surface area contributed by atoms with Gasteiger partial charge in [0.15, 0.2) is 0 Å². The topological polar surface area (TPSA) is 60.2 Å². The van der Waals surface area contributed by atoms with Crippen LogP contribution in [0.1, 0.15) is 17.2 Å². The van der Waals surface area contributed by atoms with Crippen molar-refractivity contribution in [3.05, 3.63) is 52.4 Å². The maximum atomic E-state index is 14.2. The Kier molecular flexibility index (Phi) is 4.42. The quantitative estimate of drug-likeness (QED) is 0.910. The number of hydrogen-bond donors (Lipinski definition) is 2. The first-order valence-electron chi connectivity index (χ1n) is 5.99. The lowest BCUT2D eigenvalue weighted by molar-refractivity contribution is 0.399. The van der Waals surface area contributed by atoms with Crippen molar-refractivity contribution in [3.8, 4) is 5.75 Å². The second-order valence-electron chi connectivity index (χ2n) is 4.21.